The predicted molar refractivity (Wildman–Crippen MR) is 86.2 cm³/mol. The summed E-state index contributed by atoms with van der Waals surface area (Å²) in [6, 6.07) is 6.61. The number of nitrogens with one attached hydrogen (secondary N) is 1. The molecule has 1 atom stereocenters. The molecule has 0 heterocycles. The summed E-state index contributed by atoms with van der Waals surface area (Å²) in [6.07, 6.45) is 4.13. The SMILES string of the molecule is C=CCCCN(C)c1ccc(C(C)NCC)c(Cl)c1. The van der Waals surface area contributed by atoms with Gasteiger partial charge in [0.15, 0.2) is 0 Å². The minimum atomic E-state index is 0.289. The van der Waals surface area contributed by atoms with Gasteiger partial charge in [-0.05, 0) is 44.0 Å². The molecule has 0 saturated heterocycles. The molecule has 106 valence electrons. The summed E-state index contributed by atoms with van der Waals surface area (Å²) in [5.74, 6) is 0. The number of anilines is 1. The molecule has 19 heavy (non-hydrogen) atoms. The maximum Gasteiger partial charge on any atom is 0.0474 e. The zero-order valence-corrected chi connectivity index (χ0v) is 13.0. The Morgan fingerprint density at radius 3 is 2.79 bits per heavy atom. The van der Waals surface area contributed by atoms with Crippen LogP contribution in [0.4, 0.5) is 5.69 Å². The summed E-state index contributed by atoms with van der Waals surface area (Å²) < 4.78 is 0. The Kier molecular flexibility index (Phi) is 6.96. The first-order valence-corrected chi connectivity index (χ1v) is 7.32. The summed E-state index contributed by atoms with van der Waals surface area (Å²) in [6.45, 7) is 9.95. The Labute approximate surface area is 122 Å². The topological polar surface area (TPSA) is 15.3 Å². The van der Waals surface area contributed by atoms with E-state index in [9.17, 15) is 0 Å². The highest BCUT2D eigenvalue weighted by Crippen LogP contribution is 2.27. The number of benzene rings is 1. The monoisotopic (exact) mass is 280 g/mol. The van der Waals surface area contributed by atoms with Crippen molar-refractivity contribution in [3.05, 3.63) is 41.4 Å². The van der Waals surface area contributed by atoms with E-state index in [0.29, 0.717) is 0 Å². The van der Waals surface area contributed by atoms with Crippen LogP contribution in [0.25, 0.3) is 0 Å². The fourth-order valence-electron chi connectivity index (χ4n) is 2.12. The quantitative estimate of drug-likeness (QED) is 0.560. The lowest BCUT2D eigenvalue weighted by atomic mass is 10.1. The average molecular weight is 281 g/mol. The van der Waals surface area contributed by atoms with Crippen LogP contribution in [-0.2, 0) is 0 Å². The summed E-state index contributed by atoms with van der Waals surface area (Å²) in [4.78, 5) is 2.23. The van der Waals surface area contributed by atoms with Crippen molar-refractivity contribution in [2.75, 3.05) is 25.0 Å². The normalized spacial score (nSPS) is 12.2. The Balaban J connectivity index is 2.72. The zero-order chi connectivity index (χ0) is 14.3. The number of rotatable bonds is 8. The number of hydrogen-bond donors (Lipinski definition) is 1. The molecule has 3 heteroatoms. The van der Waals surface area contributed by atoms with E-state index in [1.165, 1.54) is 5.69 Å². The molecule has 1 N–H and O–H groups in total. The van der Waals surface area contributed by atoms with Gasteiger partial charge in [0.25, 0.3) is 0 Å². The summed E-state index contributed by atoms with van der Waals surface area (Å²) in [7, 11) is 2.10. The van der Waals surface area contributed by atoms with Crippen molar-refractivity contribution in [1.29, 1.82) is 0 Å². The van der Waals surface area contributed by atoms with Crippen LogP contribution in [0, 0.1) is 0 Å². The van der Waals surface area contributed by atoms with Crippen molar-refractivity contribution < 1.29 is 0 Å². The minimum absolute atomic E-state index is 0.289. The van der Waals surface area contributed by atoms with Gasteiger partial charge in [-0.3, -0.25) is 0 Å². The molecule has 0 amide bonds. The first-order chi connectivity index (χ1) is 9.10. The van der Waals surface area contributed by atoms with Crippen molar-refractivity contribution >= 4 is 17.3 Å². The minimum Gasteiger partial charge on any atom is -0.375 e. The molecule has 2 nitrogen and oxygen atoms in total. The lowest BCUT2D eigenvalue weighted by Gasteiger charge is -2.21. The largest absolute Gasteiger partial charge is 0.375 e. The van der Waals surface area contributed by atoms with Crippen LogP contribution in [0.3, 0.4) is 0 Å². The number of halogens is 1. The maximum atomic E-state index is 6.38. The van der Waals surface area contributed by atoms with Crippen LogP contribution < -0.4 is 10.2 Å². The zero-order valence-electron chi connectivity index (χ0n) is 12.2. The van der Waals surface area contributed by atoms with Gasteiger partial charge in [0.05, 0.1) is 0 Å². The van der Waals surface area contributed by atoms with E-state index >= 15 is 0 Å². The molecule has 1 aromatic carbocycles. The third kappa shape index (κ3) is 4.88. The molecule has 0 radical (unpaired) electrons. The Hall–Kier alpha value is -0.990. The Bertz CT molecular complexity index is 404. The maximum absolute atomic E-state index is 6.38. The third-order valence-electron chi connectivity index (χ3n) is 3.30. The molecule has 0 spiro atoms. The van der Waals surface area contributed by atoms with Gasteiger partial charge >= 0.3 is 0 Å². The van der Waals surface area contributed by atoms with Crippen LogP contribution >= 0.6 is 11.6 Å². The highest BCUT2D eigenvalue weighted by molar-refractivity contribution is 6.31. The Morgan fingerprint density at radius 1 is 1.47 bits per heavy atom. The molecule has 1 unspecified atom stereocenters. The van der Waals surface area contributed by atoms with Gasteiger partial charge in [-0.1, -0.05) is 30.7 Å². The fourth-order valence-corrected chi connectivity index (χ4v) is 2.46. The van der Waals surface area contributed by atoms with Crippen molar-refractivity contribution in [3.63, 3.8) is 0 Å². The first-order valence-electron chi connectivity index (χ1n) is 6.95. The van der Waals surface area contributed by atoms with Gasteiger partial charge in [0, 0.05) is 30.3 Å². The van der Waals surface area contributed by atoms with E-state index in [0.717, 1.165) is 36.5 Å². The molecule has 0 aliphatic heterocycles. The van der Waals surface area contributed by atoms with E-state index in [1.54, 1.807) is 0 Å². The molecule has 0 fully saturated rings. The van der Waals surface area contributed by atoms with E-state index in [2.05, 4.69) is 55.9 Å². The number of nitrogens with zero attached hydrogens (tertiary/aromatic N) is 1. The molecular formula is C16H25ClN2. The second-order valence-electron chi connectivity index (χ2n) is 4.84. The summed E-state index contributed by atoms with van der Waals surface area (Å²) in [5, 5.41) is 4.22. The highest BCUT2D eigenvalue weighted by Gasteiger charge is 2.10. The molecule has 0 saturated carbocycles. The summed E-state index contributed by atoms with van der Waals surface area (Å²) >= 11 is 6.38. The van der Waals surface area contributed by atoms with Gasteiger partial charge in [-0.2, -0.15) is 0 Å². The van der Waals surface area contributed by atoms with Gasteiger partial charge in [0.1, 0.15) is 0 Å². The van der Waals surface area contributed by atoms with E-state index in [4.69, 9.17) is 11.6 Å². The molecule has 1 aromatic rings. The van der Waals surface area contributed by atoms with Crippen molar-refractivity contribution in [1.82, 2.24) is 5.32 Å². The standard InChI is InChI=1S/C16H25ClN2/c1-5-7-8-11-19(4)14-9-10-15(16(17)12-14)13(3)18-6-2/h5,9-10,12-13,18H,1,6-8,11H2,2-4H3. The molecule has 0 aromatic heterocycles. The second-order valence-corrected chi connectivity index (χ2v) is 5.24. The van der Waals surface area contributed by atoms with Gasteiger partial charge < -0.3 is 10.2 Å². The molecule has 0 aliphatic rings. The third-order valence-corrected chi connectivity index (χ3v) is 3.63. The van der Waals surface area contributed by atoms with Gasteiger partial charge in [-0.25, -0.2) is 0 Å². The van der Waals surface area contributed by atoms with E-state index in [1.807, 2.05) is 6.08 Å². The van der Waals surface area contributed by atoms with E-state index < -0.39 is 0 Å². The van der Waals surface area contributed by atoms with Crippen LogP contribution in [0.15, 0.2) is 30.9 Å². The summed E-state index contributed by atoms with van der Waals surface area (Å²) in [5.41, 5.74) is 2.33. The van der Waals surface area contributed by atoms with Crippen LogP contribution in [0.1, 0.15) is 38.3 Å². The van der Waals surface area contributed by atoms with Crippen LogP contribution in [0.2, 0.25) is 5.02 Å². The lowest BCUT2D eigenvalue weighted by molar-refractivity contribution is 0.598. The smallest absolute Gasteiger partial charge is 0.0474 e. The molecular weight excluding hydrogens is 256 g/mol. The van der Waals surface area contributed by atoms with Gasteiger partial charge in [0.2, 0.25) is 0 Å². The average Bonchev–Trinajstić information content (AvgIpc) is 2.39. The molecule has 0 aliphatic carbocycles. The van der Waals surface area contributed by atoms with Crippen molar-refractivity contribution in [2.24, 2.45) is 0 Å². The molecule has 0 bridgehead atoms. The van der Waals surface area contributed by atoms with Crippen molar-refractivity contribution in [2.45, 2.75) is 32.7 Å². The number of unbranched alkanes of at least 4 members (excludes halogenated alkanes) is 1. The van der Waals surface area contributed by atoms with Crippen LogP contribution in [0.5, 0.6) is 0 Å². The molecule has 1 rings (SSSR count). The lowest BCUT2D eigenvalue weighted by Crippen LogP contribution is -2.20. The predicted octanol–water partition coefficient (Wildman–Crippen LogP) is 4.41. The fraction of sp³-hybridized carbons (Fsp3) is 0.500. The Morgan fingerprint density at radius 2 is 2.21 bits per heavy atom. The first kappa shape index (κ1) is 16.1. The van der Waals surface area contributed by atoms with Crippen LogP contribution in [-0.4, -0.2) is 20.1 Å². The number of allylic oxidation sites excluding steroid dienone is 1. The number of hydrogen-bond acceptors (Lipinski definition) is 2. The second kappa shape index (κ2) is 8.23. The van der Waals surface area contributed by atoms with Gasteiger partial charge in [-0.15, -0.1) is 6.58 Å². The van der Waals surface area contributed by atoms with E-state index in [-0.39, 0.29) is 6.04 Å². The van der Waals surface area contributed by atoms with Crippen molar-refractivity contribution in [3.8, 4) is 0 Å². The highest BCUT2D eigenvalue weighted by atomic mass is 35.5.